The molecule has 0 radical (unpaired) electrons. The fourth-order valence-corrected chi connectivity index (χ4v) is 1.91. The summed E-state index contributed by atoms with van der Waals surface area (Å²) in [6.07, 6.45) is 0.792. The van der Waals surface area contributed by atoms with Crippen LogP contribution in [-0.2, 0) is 14.3 Å². The van der Waals surface area contributed by atoms with E-state index in [4.69, 9.17) is 4.74 Å². The Balaban J connectivity index is 1.80. The van der Waals surface area contributed by atoms with E-state index in [0.717, 1.165) is 19.5 Å². The molecule has 0 aliphatic carbocycles. The molecule has 6 nitrogen and oxygen atoms in total. The average molecular weight is 227 g/mol. The van der Waals surface area contributed by atoms with Crippen LogP contribution in [-0.4, -0.2) is 62.1 Å². The van der Waals surface area contributed by atoms with E-state index in [1.807, 2.05) is 0 Å². The van der Waals surface area contributed by atoms with Crippen molar-refractivity contribution >= 4 is 11.8 Å². The van der Waals surface area contributed by atoms with Crippen LogP contribution in [0.5, 0.6) is 0 Å². The van der Waals surface area contributed by atoms with E-state index in [-0.39, 0.29) is 6.04 Å². The molecule has 0 spiro atoms. The number of ether oxygens (including phenoxy) is 1. The molecule has 0 aromatic heterocycles. The third-order valence-corrected chi connectivity index (χ3v) is 2.86. The third kappa shape index (κ3) is 2.70. The standard InChI is InChI=1S/C10H17N3O3/c14-9(12-8-1-6-16-7-8)10(15)13-4-2-11-3-5-13/h8,11H,1-7H2,(H,12,14). The molecule has 0 bridgehead atoms. The van der Waals surface area contributed by atoms with Crippen LogP contribution < -0.4 is 10.6 Å². The number of hydrogen-bond acceptors (Lipinski definition) is 4. The van der Waals surface area contributed by atoms with Crippen LogP contribution in [0, 0.1) is 0 Å². The van der Waals surface area contributed by atoms with E-state index in [0.29, 0.717) is 26.3 Å². The molecule has 2 fully saturated rings. The summed E-state index contributed by atoms with van der Waals surface area (Å²) in [7, 11) is 0. The van der Waals surface area contributed by atoms with E-state index in [1.54, 1.807) is 4.90 Å². The van der Waals surface area contributed by atoms with Crippen LogP contribution in [0.2, 0.25) is 0 Å². The van der Waals surface area contributed by atoms with E-state index in [1.165, 1.54) is 0 Å². The summed E-state index contributed by atoms with van der Waals surface area (Å²) in [6, 6.07) is -0.000587. The third-order valence-electron chi connectivity index (χ3n) is 2.86. The first-order valence-corrected chi connectivity index (χ1v) is 5.65. The molecule has 16 heavy (non-hydrogen) atoms. The molecule has 0 aromatic rings. The molecule has 1 unspecified atom stereocenters. The smallest absolute Gasteiger partial charge is 0.311 e. The lowest BCUT2D eigenvalue weighted by Crippen LogP contribution is -2.52. The lowest BCUT2D eigenvalue weighted by Gasteiger charge is -2.27. The maximum absolute atomic E-state index is 11.7. The number of rotatable bonds is 1. The minimum absolute atomic E-state index is 0.000587. The molecule has 2 aliphatic rings. The topological polar surface area (TPSA) is 70.7 Å². The number of carbonyl (C=O) groups is 2. The van der Waals surface area contributed by atoms with E-state index >= 15 is 0 Å². The normalized spacial score (nSPS) is 25.5. The zero-order chi connectivity index (χ0) is 11.4. The van der Waals surface area contributed by atoms with E-state index < -0.39 is 11.8 Å². The van der Waals surface area contributed by atoms with Crippen LogP contribution in [0.1, 0.15) is 6.42 Å². The number of piperazine rings is 1. The second-order valence-electron chi connectivity index (χ2n) is 4.08. The fourth-order valence-electron chi connectivity index (χ4n) is 1.91. The summed E-state index contributed by atoms with van der Waals surface area (Å²) >= 11 is 0. The second-order valence-corrected chi connectivity index (χ2v) is 4.08. The number of nitrogens with one attached hydrogen (secondary N) is 2. The quantitative estimate of drug-likeness (QED) is 0.525. The summed E-state index contributed by atoms with van der Waals surface area (Å²) in [6.45, 7) is 3.89. The Labute approximate surface area is 94.3 Å². The molecule has 2 saturated heterocycles. The van der Waals surface area contributed by atoms with Gasteiger partial charge in [0.05, 0.1) is 12.6 Å². The highest BCUT2D eigenvalue weighted by molar-refractivity contribution is 6.35. The minimum atomic E-state index is -0.502. The Morgan fingerprint density at radius 1 is 1.31 bits per heavy atom. The first-order chi connectivity index (χ1) is 7.77. The largest absolute Gasteiger partial charge is 0.379 e. The lowest BCUT2D eigenvalue weighted by atomic mass is 10.2. The minimum Gasteiger partial charge on any atom is -0.379 e. The monoisotopic (exact) mass is 227 g/mol. The first-order valence-electron chi connectivity index (χ1n) is 5.65. The molecule has 90 valence electrons. The summed E-state index contributed by atoms with van der Waals surface area (Å²) in [5.41, 5.74) is 0. The molecule has 2 heterocycles. The highest BCUT2D eigenvalue weighted by Gasteiger charge is 2.26. The maximum atomic E-state index is 11.7. The van der Waals surface area contributed by atoms with Crippen molar-refractivity contribution in [2.24, 2.45) is 0 Å². The summed E-state index contributed by atoms with van der Waals surface area (Å²) in [4.78, 5) is 24.9. The van der Waals surface area contributed by atoms with Crippen LogP contribution in [0.3, 0.4) is 0 Å². The van der Waals surface area contributed by atoms with Gasteiger partial charge in [0.15, 0.2) is 0 Å². The summed E-state index contributed by atoms with van der Waals surface area (Å²) in [5, 5.41) is 5.84. The molecule has 6 heteroatoms. The van der Waals surface area contributed by atoms with Crippen LogP contribution in [0.4, 0.5) is 0 Å². The van der Waals surface area contributed by atoms with Gasteiger partial charge >= 0.3 is 11.8 Å². The van der Waals surface area contributed by atoms with Gasteiger partial charge in [-0.2, -0.15) is 0 Å². The SMILES string of the molecule is O=C(NC1CCOC1)C(=O)N1CCNCC1. The molecule has 0 saturated carbocycles. The van der Waals surface area contributed by atoms with Crippen molar-refractivity contribution < 1.29 is 14.3 Å². The van der Waals surface area contributed by atoms with E-state index in [9.17, 15) is 9.59 Å². The molecule has 1 atom stereocenters. The van der Waals surface area contributed by atoms with Gasteiger partial charge in [-0.25, -0.2) is 0 Å². The van der Waals surface area contributed by atoms with Gasteiger partial charge in [0.25, 0.3) is 0 Å². The van der Waals surface area contributed by atoms with Crippen LogP contribution in [0.25, 0.3) is 0 Å². The number of hydrogen-bond donors (Lipinski definition) is 2. The zero-order valence-electron chi connectivity index (χ0n) is 9.20. The zero-order valence-corrected chi connectivity index (χ0v) is 9.20. The van der Waals surface area contributed by atoms with Crippen molar-refractivity contribution in [1.82, 2.24) is 15.5 Å². The Hall–Kier alpha value is -1.14. The number of nitrogens with zero attached hydrogens (tertiary/aromatic N) is 1. The van der Waals surface area contributed by atoms with Gasteiger partial charge < -0.3 is 20.3 Å². The number of carbonyl (C=O) groups excluding carboxylic acids is 2. The number of amides is 2. The Morgan fingerprint density at radius 3 is 2.69 bits per heavy atom. The van der Waals surface area contributed by atoms with Gasteiger partial charge in [0.2, 0.25) is 0 Å². The van der Waals surface area contributed by atoms with Gasteiger partial charge in [-0.3, -0.25) is 9.59 Å². The molecule has 2 aliphatic heterocycles. The highest BCUT2D eigenvalue weighted by Crippen LogP contribution is 2.03. The van der Waals surface area contributed by atoms with E-state index in [2.05, 4.69) is 10.6 Å². The van der Waals surface area contributed by atoms with Crippen molar-refractivity contribution in [2.75, 3.05) is 39.4 Å². The predicted molar refractivity (Wildman–Crippen MR) is 56.8 cm³/mol. The molecular weight excluding hydrogens is 210 g/mol. The van der Waals surface area contributed by atoms with Crippen LogP contribution >= 0.6 is 0 Å². The summed E-state index contributed by atoms with van der Waals surface area (Å²) < 4.78 is 5.13. The van der Waals surface area contributed by atoms with Crippen molar-refractivity contribution in [3.05, 3.63) is 0 Å². The van der Waals surface area contributed by atoms with Crippen molar-refractivity contribution in [2.45, 2.75) is 12.5 Å². The highest BCUT2D eigenvalue weighted by atomic mass is 16.5. The van der Waals surface area contributed by atoms with Crippen molar-refractivity contribution in [3.63, 3.8) is 0 Å². The maximum Gasteiger partial charge on any atom is 0.311 e. The predicted octanol–water partition coefficient (Wildman–Crippen LogP) is -1.68. The van der Waals surface area contributed by atoms with Gasteiger partial charge in [-0.05, 0) is 6.42 Å². The molecule has 0 aromatic carbocycles. The van der Waals surface area contributed by atoms with Gasteiger partial charge in [-0.15, -0.1) is 0 Å². The van der Waals surface area contributed by atoms with Gasteiger partial charge in [0, 0.05) is 32.8 Å². The van der Waals surface area contributed by atoms with Gasteiger partial charge in [0.1, 0.15) is 0 Å². The Morgan fingerprint density at radius 2 is 2.06 bits per heavy atom. The molecule has 2 rings (SSSR count). The van der Waals surface area contributed by atoms with Crippen molar-refractivity contribution in [3.8, 4) is 0 Å². The Bertz CT molecular complexity index is 270. The average Bonchev–Trinajstić information content (AvgIpc) is 2.82. The molecule has 2 N–H and O–H groups in total. The van der Waals surface area contributed by atoms with Gasteiger partial charge in [-0.1, -0.05) is 0 Å². The second kappa shape index (κ2) is 5.27. The summed E-state index contributed by atoms with van der Waals surface area (Å²) in [5.74, 6) is -0.925. The fraction of sp³-hybridized carbons (Fsp3) is 0.800. The molecular formula is C10H17N3O3. The molecule has 2 amide bonds. The first kappa shape index (κ1) is 11.3. The van der Waals surface area contributed by atoms with Crippen molar-refractivity contribution in [1.29, 1.82) is 0 Å². The Kier molecular flexibility index (Phi) is 3.74. The lowest BCUT2D eigenvalue weighted by molar-refractivity contribution is -0.146. The van der Waals surface area contributed by atoms with Crippen LogP contribution in [0.15, 0.2) is 0 Å².